The standard InChI is InChI=1S/C29H33N3O3S/c1-30-16-18-32(19-17-30)36(34,35)28-12-8-23(9-13-28)20-29(33)26-10-6-24(7-11-26)21-31-15-14-25-4-2-3-5-27(25)22-31/h2-13H,14-22H2,1H3. The highest BCUT2D eigenvalue weighted by molar-refractivity contribution is 7.95. The summed E-state index contributed by atoms with van der Waals surface area (Å²) < 4.78 is 27.4. The molecule has 0 aliphatic carbocycles. The number of Topliss-reactive ketones (excluding diaryl/α,β-unsaturated/α-hetero) is 1. The fourth-order valence-electron chi connectivity index (χ4n) is 4.99. The average Bonchev–Trinajstić information content (AvgIpc) is 2.89. The van der Waals surface area contributed by atoms with Crippen LogP contribution in [0.3, 0.4) is 0 Å². The number of hydrogen-bond acceptors (Lipinski definition) is 5. The van der Waals surface area contributed by atoms with Crippen LogP contribution in [-0.4, -0.2) is 64.2 Å². The molecule has 6 nitrogen and oxygen atoms in total. The Morgan fingerprint density at radius 3 is 2.17 bits per heavy atom. The maximum Gasteiger partial charge on any atom is 0.175 e. The minimum Gasteiger partial charge on any atom is -0.593 e. The van der Waals surface area contributed by atoms with Crippen molar-refractivity contribution < 1.29 is 13.6 Å². The summed E-state index contributed by atoms with van der Waals surface area (Å²) in [5, 5.41) is 0. The van der Waals surface area contributed by atoms with Gasteiger partial charge in [0.1, 0.15) is 0 Å². The van der Waals surface area contributed by atoms with E-state index in [1.165, 1.54) is 21.0 Å². The number of carbonyl (C=O) groups is 1. The van der Waals surface area contributed by atoms with Crippen LogP contribution in [0.1, 0.15) is 32.6 Å². The minimum atomic E-state index is -3.50. The largest absolute Gasteiger partial charge is 0.593 e. The maximum absolute atomic E-state index is 12.9. The van der Waals surface area contributed by atoms with Crippen LogP contribution in [0.25, 0.3) is 0 Å². The molecule has 0 radical (unpaired) electrons. The zero-order valence-corrected chi connectivity index (χ0v) is 21.6. The third-order valence-corrected chi connectivity index (χ3v) is 9.19. The summed E-state index contributed by atoms with van der Waals surface area (Å²) in [4.78, 5) is 17.7. The smallest absolute Gasteiger partial charge is 0.175 e. The number of benzene rings is 3. The molecule has 2 heterocycles. The number of hydrogen-bond donors (Lipinski definition) is 0. The summed E-state index contributed by atoms with van der Waals surface area (Å²) >= 11 is 0. The number of likely N-dealkylation sites (N-methyl/N-ethyl adjacent to an activating group) is 1. The lowest BCUT2D eigenvalue weighted by molar-refractivity contribution is 0.0993. The van der Waals surface area contributed by atoms with E-state index < -0.39 is 10.4 Å². The van der Waals surface area contributed by atoms with Crippen molar-refractivity contribution in [2.24, 2.45) is 0 Å². The topological polar surface area (TPSA) is 66.9 Å². The highest BCUT2D eigenvalue weighted by Gasteiger charge is 2.32. The molecule has 0 bridgehead atoms. The summed E-state index contributed by atoms with van der Waals surface area (Å²) in [5.74, 6) is 0.0307. The van der Waals surface area contributed by atoms with Crippen molar-refractivity contribution in [3.63, 3.8) is 0 Å². The monoisotopic (exact) mass is 503 g/mol. The van der Waals surface area contributed by atoms with Gasteiger partial charge >= 0.3 is 0 Å². The molecule has 188 valence electrons. The molecule has 1 atom stereocenters. The van der Waals surface area contributed by atoms with Crippen molar-refractivity contribution in [2.45, 2.75) is 30.8 Å². The van der Waals surface area contributed by atoms with Crippen LogP contribution >= 0.6 is 0 Å². The molecule has 0 N–H and O–H groups in total. The number of rotatable bonds is 7. The Morgan fingerprint density at radius 2 is 1.47 bits per heavy atom. The predicted molar refractivity (Wildman–Crippen MR) is 141 cm³/mol. The van der Waals surface area contributed by atoms with Crippen molar-refractivity contribution >= 4 is 16.2 Å². The number of carbonyl (C=O) groups excluding carboxylic acids is 1. The quantitative estimate of drug-likeness (QED) is 0.362. The zero-order chi connectivity index (χ0) is 25.1. The molecule has 0 saturated carbocycles. The van der Waals surface area contributed by atoms with Crippen LogP contribution in [0.2, 0.25) is 0 Å². The molecule has 1 saturated heterocycles. The molecule has 0 spiro atoms. The average molecular weight is 504 g/mol. The highest BCUT2D eigenvalue weighted by atomic mass is 32.3. The van der Waals surface area contributed by atoms with E-state index in [0.29, 0.717) is 18.7 Å². The van der Waals surface area contributed by atoms with E-state index in [-0.39, 0.29) is 17.1 Å². The summed E-state index contributed by atoms with van der Waals surface area (Å²) in [5.41, 5.74) is 5.53. The Balaban J connectivity index is 1.17. The van der Waals surface area contributed by atoms with Gasteiger partial charge in [0.25, 0.3) is 0 Å². The van der Waals surface area contributed by atoms with E-state index in [4.69, 9.17) is 0 Å². The molecule has 1 unspecified atom stereocenters. The molecule has 3 aromatic carbocycles. The first-order valence-corrected chi connectivity index (χ1v) is 14.0. The lowest BCUT2D eigenvalue weighted by atomic mass is 9.99. The number of ketones is 1. The van der Waals surface area contributed by atoms with Gasteiger partial charge in [0.05, 0.1) is 13.1 Å². The fourth-order valence-corrected chi connectivity index (χ4v) is 6.41. The molecule has 0 amide bonds. The van der Waals surface area contributed by atoms with Crippen LogP contribution < -0.4 is 0 Å². The summed E-state index contributed by atoms with van der Waals surface area (Å²) in [6.07, 6.45) is 1.32. The van der Waals surface area contributed by atoms with Gasteiger partial charge in [0.15, 0.2) is 21.1 Å². The molecule has 2 aliphatic heterocycles. The van der Waals surface area contributed by atoms with Gasteiger partial charge in [-0.25, -0.2) is 0 Å². The number of fused-ring (bicyclic) bond motifs is 1. The Kier molecular flexibility index (Phi) is 7.46. The molecule has 2 aliphatic rings. The van der Waals surface area contributed by atoms with Gasteiger partial charge in [-0.05, 0) is 47.9 Å². The fraction of sp³-hybridized carbons (Fsp3) is 0.345. The van der Waals surface area contributed by atoms with Crippen molar-refractivity contribution in [3.8, 4) is 0 Å². The molecular weight excluding hydrogens is 470 g/mol. The molecule has 3 aromatic rings. The van der Waals surface area contributed by atoms with E-state index in [2.05, 4.69) is 34.1 Å². The van der Waals surface area contributed by atoms with Crippen molar-refractivity contribution in [1.82, 2.24) is 14.1 Å². The Bertz CT molecular complexity index is 1250. The number of nitrogens with zero attached hydrogens (tertiary/aromatic N) is 3. The first kappa shape index (κ1) is 25.0. The maximum atomic E-state index is 12.9. The van der Waals surface area contributed by atoms with Crippen molar-refractivity contribution in [1.29, 1.82) is 0 Å². The van der Waals surface area contributed by atoms with Crippen LogP contribution in [-0.2, 0) is 40.5 Å². The van der Waals surface area contributed by atoms with Crippen LogP contribution in [0, 0.1) is 0 Å². The zero-order valence-electron chi connectivity index (χ0n) is 20.8. The van der Waals surface area contributed by atoms with Crippen molar-refractivity contribution in [2.75, 3.05) is 39.8 Å². The minimum absolute atomic E-state index is 0.0307. The van der Waals surface area contributed by atoms with Gasteiger partial charge in [-0.15, -0.1) is 4.31 Å². The number of piperazine rings is 1. The first-order chi connectivity index (χ1) is 17.4. The predicted octanol–water partition coefficient (Wildman–Crippen LogP) is 3.82. The molecule has 5 rings (SSSR count). The SMILES string of the molecule is CN1CCN([S+](=O)([O-])c2ccc(CC(=O)c3ccc(CN4CCc5ccccc5C4)cc3)cc2)CC1. The molecule has 0 aromatic heterocycles. The lowest BCUT2D eigenvalue weighted by Gasteiger charge is -2.33. The van der Waals surface area contributed by atoms with E-state index in [1.54, 1.807) is 24.3 Å². The van der Waals surface area contributed by atoms with Gasteiger partial charge in [-0.1, -0.05) is 64.9 Å². The van der Waals surface area contributed by atoms with E-state index in [1.807, 2.05) is 31.3 Å². The van der Waals surface area contributed by atoms with Crippen LogP contribution in [0.5, 0.6) is 0 Å². The second-order valence-electron chi connectivity index (χ2n) is 9.88. The second-order valence-corrected chi connectivity index (χ2v) is 11.8. The second kappa shape index (κ2) is 10.7. The highest BCUT2D eigenvalue weighted by Crippen LogP contribution is 2.24. The van der Waals surface area contributed by atoms with E-state index in [9.17, 15) is 13.6 Å². The molecular formula is C29H33N3O3S. The first-order valence-electron chi connectivity index (χ1n) is 12.6. The van der Waals surface area contributed by atoms with Gasteiger partial charge < -0.3 is 9.45 Å². The summed E-state index contributed by atoms with van der Waals surface area (Å²) in [6, 6.07) is 23.3. The Labute approximate surface area is 214 Å². The van der Waals surface area contributed by atoms with Gasteiger partial charge in [0, 0.05) is 44.7 Å². The molecule has 36 heavy (non-hydrogen) atoms. The molecule has 7 heteroatoms. The summed E-state index contributed by atoms with van der Waals surface area (Å²) in [6.45, 7) is 5.33. The van der Waals surface area contributed by atoms with E-state index >= 15 is 0 Å². The third kappa shape index (κ3) is 5.66. The van der Waals surface area contributed by atoms with Gasteiger partial charge in [-0.2, -0.15) is 0 Å². The number of sulfonamides is 1. The Morgan fingerprint density at radius 1 is 0.833 bits per heavy atom. The van der Waals surface area contributed by atoms with Gasteiger partial charge in [0.2, 0.25) is 0 Å². The normalized spacial score (nSPS) is 18.9. The van der Waals surface area contributed by atoms with Crippen molar-refractivity contribution in [3.05, 3.63) is 101 Å². The Hall–Kier alpha value is -2.68. The van der Waals surface area contributed by atoms with Crippen LogP contribution in [0.4, 0.5) is 0 Å². The molecule has 1 fully saturated rings. The summed E-state index contributed by atoms with van der Waals surface area (Å²) in [7, 11) is -1.50. The lowest BCUT2D eigenvalue weighted by Crippen LogP contribution is -2.49. The van der Waals surface area contributed by atoms with E-state index in [0.717, 1.165) is 44.7 Å². The third-order valence-electron chi connectivity index (χ3n) is 7.28. The van der Waals surface area contributed by atoms with Crippen LogP contribution in [0.15, 0.2) is 77.7 Å². The van der Waals surface area contributed by atoms with Gasteiger partial charge in [-0.3, -0.25) is 9.69 Å².